The molecule has 0 aliphatic heterocycles. The average molecular weight is 422 g/mol. The lowest BCUT2D eigenvalue weighted by atomic mass is 9.93. The van der Waals surface area contributed by atoms with E-state index in [0.717, 1.165) is 26.4 Å². The lowest BCUT2D eigenvalue weighted by Gasteiger charge is -2.13. The molecule has 2 heterocycles. The van der Waals surface area contributed by atoms with Crippen LogP contribution in [-0.4, -0.2) is 27.0 Å². The first-order valence-electron chi connectivity index (χ1n) is 7.89. The molecule has 2 aromatic heterocycles. The number of anilines is 2. The summed E-state index contributed by atoms with van der Waals surface area (Å²) in [7, 11) is 0. The summed E-state index contributed by atoms with van der Waals surface area (Å²) in [5.74, 6) is -0.120. The number of hydrogen-bond donors (Lipinski definition) is 2. The van der Waals surface area contributed by atoms with Crippen molar-refractivity contribution in [2.24, 2.45) is 0 Å². The van der Waals surface area contributed by atoms with Gasteiger partial charge in [0, 0.05) is 15.6 Å². The van der Waals surface area contributed by atoms with Crippen molar-refractivity contribution in [3.8, 4) is 0 Å². The van der Waals surface area contributed by atoms with Crippen LogP contribution < -0.4 is 10.6 Å². The van der Waals surface area contributed by atoms with Crippen LogP contribution in [0.15, 0.2) is 28.9 Å². The monoisotopic (exact) mass is 421 g/mol. The van der Waals surface area contributed by atoms with E-state index in [1.165, 1.54) is 11.3 Å². The Bertz CT molecular complexity index is 893. The summed E-state index contributed by atoms with van der Waals surface area (Å²) in [5.41, 5.74) is 2.84. The highest BCUT2D eigenvalue weighted by atomic mass is 79.9. The summed E-state index contributed by atoms with van der Waals surface area (Å²) in [6, 6.07) is 5.70. The number of carbonyl (C=O) groups is 1. The van der Waals surface area contributed by atoms with Gasteiger partial charge in [-0.25, -0.2) is 9.50 Å². The maximum absolute atomic E-state index is 12.1. The first kappa shape index (κ1) is 17.9. The molecule has 0 spiro atoms. The van der Waals surface area contributed by atoms with Crippen molar-refractivity contribution in [1.82, 2.24) is 14.6 Å². The van der Waals surface area contributed by atoms with Crippen LogP contribution in [-0.2, 0) is 10.2 Å². The summed E-state index contributed by atoms with van der Waals surface area (Å²) < 4.78 is 2.77. The number of imidazole rings is 1. The van der Waals surface area contributed by atoms with Crippen molar-refractivity contribution in [1.29, 1.82) is 0 Å². The van der Waals surface area contributed by atoms with Crippen LogP contribution in [0, 0.1) is 6.92 Å². The first-order valence-corrected chi connectivity index (χ1v) is 9.50. The van der Waals surface area contributed by atoms with Gasteiger partial charge in [-0.05, 0) is 30.7 Å². The predicted molar refractivity (Wildman–Crippen MR) is 106 cm³/mol. The summed E-state index contributed by atoms with van der Waals surface area (Å²) in [4.78, 5) is 17.5. The standard InChI is InChI=1S/C17H20BrN5OS/c1-10-7-11(5-6-12(10)18)20-14(24)8-19-15-22-23-9-13(17(2,3)4)21-16(23)25-15/h5-7,9H,8H2,1-4H3,(H,19,22)(H,20,24). The number of amides is 1. The lowest BCUT2D eigenvalue weighted by Crippen LogP contribution is -2.21. The number of hydrogen-bond acceptors (Lipinski definition) is 5. The lowest BCUT2D eigenvalue weighted by molar-refractivity contribution is -0.114. The number of aromatic nitrogens is 3. The van der Waals surface area contributed by atoms with Crippen molar-refractivity contribution < 1.29 is 4.79 Å². The summed E-state index contributed by atoms with van der Waals surface area (Å²) in [6.45, 7) is 8.49. The highest BCUT2D eigenvalue weighted by Gasteiger charge is 2.19. The van der Waals surface area contributed by atoms with Crippen molar-refractivity contribution >= 4 is 49.0 Å². The van der Waals surface area contributed by atoms with E-state index < -0.39 is 0 Å². The molecule has 8 heteroatoms. The molecule has 25 heavy (non-hydrogen) atoms. The Kier molecular flexibility index (Phi) is 4.83. The van der Waals surface area contributed by atoms with Gasteiger partial charge >= 0.3 is 0 Å². The van der Waals surface area contributed by atoms with E-state index in [1.54, 1.807) is 4.52 Å². The topological polar surface area (TPSA) is 71.3 Å². The van der Waals surface area contributed by atoms with Crippen LogP contribution in [0.2, 0.25) is 0 Å². The molecule has 0 fully saturated rings. The second-order valence-electron chi connectivity index (χ2n) is 6.88. The summed E-state index contributed by atoms with van der Waals surface area (Å²) in [5, 5.41) is 11.0. The van der Waals surface area contributed by atoms with Crippen LogP contribution in [0.3, 0.4) is 0 Å². The van der Waals surface area contributed by atoms with Crippen molar-refractivity contribution in [2.75, 3.05) is 17.2 Å². The van der Waals surface area contributed by atoms with E-state index in [0.29, 0.717) is 5.13 Å². The minimum absolute atomic E-state index is 0.0102. The Morgan fingerprint density at radius 2 is 2.12 bits per heavy atom. The first-order chi connectivity index (χ1) is 11.7. The quantitative estimate of drug-likeness (QED) is 0.661. The number of nitrogens with zero attached hydrogens (tertiary/aromatic N) is 3. The minimum Gasteiger partial charge on any atom is -0.351 e. The molecule has 0 saturated carbocycles. The van der Waals surface area contributed by atoms with E-state index in [4.69, 9.17) is 0 Å². The van der Waals surface area contributed by atoms with Crippen LogP contribution in [0.5, 0.6) is 0 Å². The van der Waals surface area contributed by atoms with Gasteiger partial charge in [0.15, 0.2) is 0 Å². The number of rotatable bonds is 4. The van der Waals surface area contributed by atoms with E-state index in [2.05, 4.69) is 57.4 Å². The molecule has 0 saturated heterocycles. The Morgan fingerprint density at radius 3 is 2.76 bits per heavy atom. The third-order valence-corrected chi connectivity index (χ3v) is 5.42. The van der Waals surface area contributed by atoms with Gasteiger partial charge in [0.05, 0.1) is 18.4 Å². The summed E-state index contributed by atoms with van der Waals surface area (Å²) >= 11 is 4.88. The summed E-state index contributed by atoms with van der Waals surface area (Å²) in [6.07, 6.45) is 1.93. The van der Waals surface area contributed by atoms with Crippen LogP contribution in [0.4, 0.5) is 10.8 Å². The maximum atomic E-state index is 12.1. The van der Waals surface area contributed by atoms with Crippen LogP contribution in [0.1, 0.15) is 32.0 Å². The van der Waals surface area contributed by atoms with Gasteiger partial charge in [0.1, 0.15) is 0 Å². The van der Waals surface area contributed by atoms with Crippen molar-refractivity contribution in [2.45, 2.75) is 33.1 Å². The molecule has 3 rings (SSSR count). The second-order valence-corrected chi connectivity index (χ2v) is 8.69. The van der Waals surface area contributed by atoms with E-state index in [9.17, 15) is 4.79 Å². The fourth-order valence-electron chi connectivity index (χ4n) is 2.22. The molecule has 0 bridgehead atoms. The second kappa shape index (κ2) is 6.76. The molecule has 1 amide bonds. The fourth-order valence-corrected chi connectivity index (χ4v) is 3.24. The Labute approximate surface area is 158 Å². The molecule has 0 aliphatic carbocycles. The number of halogens is 1. The molecular formula is C17H20BrN5OS. The highest BCUT2D eigenvalue weighted by Crippen LogP contribution is 2.25. The minimum atomic E-state index is -0.120. The molecule has 3 aromatic rings. The molecule has 1 aromatic carbocycles. The smallest absolute Gasteiger partial charge is 0.243 e. The Balaban J connectivity index is 1.61. The van der Waals surface area contributed by atoms with E-state index >= 15 is 0 Å². The number of benzene rings is 1. The largest absolute Gasteiger partial charge is 0.351 e. The van der Waals surface area contributed by atoms with Crippen LogP contribution in [0.25, 0.3) is 4.96 Å². The maximum Gasteiger partial charge on any atom is 0.243 e. The van der Waals surface area contributed by atoms with Crippen LogP contribution >= 0.6 is 27.3 Å². The van der Waals surface area contributed by atoms with Gasteiger partial charge in [-0.15, -0.1) is 5.10 Å². The van der Waals surface area contributed by atoms with Gasteiger partial charge in [0.2, 0.25) is 16.0 Å². The van der Waals surface area contributed by atoms with E-state index in [-0.39, 0.29) is 17.9 Å². The average Bonchev–Trinajstić information content (AvgIpc) is 3.07. The number of carbonyl (C=O) groups excluding carboxylic acids is 1. The molecule has 0 radical (unpaired) electrons. The van der Waals surface area contributed by atoms with Crippen molar-refractivity contribution in [3.05, 3.63) is 40.1 Å². The molecular weight excluding hydrogens is 402 g/mol. The van der Waals surface area contributed by atoms with Gasteiger partial charge in [-0.1, -0.05) is 48.0 Å². The molecule has 132 valence electrons. The number of nitrogens with one attached hydrogen (secondary N) is 2. The molecule has 0 aliphatic rings. The Hall–Kier alpha value is -1.93. The van der Waals surface area contributed by atoms with Gasteiger partial charge in [-0.3, -0.25) is 4.79 Å². The highest BCUT2D eigenvalue weighted by molar-refractivity contribution is 9.10. The number of aryl methyl sites for hydroxylation is 1. The molecule has 0 unspecified atom stereocenters. The van der Waals surface area contributed by atoms with E-state index in [1.807, 2.05) is 31.3 Å². The predicted octanol–water partition coefficient (Wildman–Crippen LogP) is 4.21. The Morgan fingerprint density at radius 1 is 1.36 bits per heavy atom. The zero-order valence-electron chi connectivity index (χ0n) is 14.6. The van der Waals surface area contributed by atoms with Gasteiger partial charge in [0.25, 0.3) is 0 Å². The normalized spacial score (nSPS) is 11.7. The molecule has 2 N–H and O–H groups in total. The van der Waals surface area contributed by atoms with Crippen molar-refractivity contribution in [3.63, 3.8) is 0 Å². The SMILES string of the molecule is Cc1cc(NC(=O)CNc2nn3cc(C(C)(C)C)nc3s2)ccc1Br. The third kappa shape index (κ3) is 4.19. The third-order valence-electron chi connectivity index (χ3n) is 3.65. The van der Waals surface area contributed by atoms with Gasteiger partial charge in [-0.2, -0.15) is 0 Å². The molecule has 6 nitrogen and oxygen atoms in total. The number of fused-ring (bicyclic) bond motifs is 1. The van der Waals surface area contributed by atoms with Gasteiger partial charge < -0.3 is 10.6 Å². The molecule has 0 atom stereocenters. The zero-order chi connectivity index (χ0) is 18.2. The zero-order valence-corrected chi connectivity index (χ0v) is 17.0. The fraction of sp³-hybridized carbons (Fsp3) is 0.353.